The number of H-pyrrole nitrogens is 1. The highest BCUT2D eigenvalue weighted by atomic mass is 79.9. The van der Waals surface area contributed by atoms with Gasteiger partial charge in [0, 0.05) is 16.4 Å². The first-order valence-corrected chi connectivity index (χ1v) is 5.11. The van der Waals surface area contributed by atoms with Crippen LogP contribution in [0.1, 0.15) is 5.69 Å². The van der Waals surface area contributed by atoms with Gasteiger partial charge in [-0.2, -0.15) is 0 Å². The zero-order valence-electron chi connectivity index (χ0n) is 7.50. The van der Waals surface area contributed by atoms with Crippen molar-refractivity contribution in [2.45, 2.75) is 6.54 Å². The van der Waals surface area contributed by atoms with Gasteiger partial charge in [-0.3, -0.25) is 0 Å². The van der Waals surface area contributed by atoms with Crippen molar-refractivity contribution >= 4 is 21.6 Å². The van der Waals surface area contributed by atoms with Crippen LogP contribution in [0.3, 0.4) is 0 Å². The predicted molar refractivity (Wildman–Crippen MR) is 60.1 cm³/mol. The SMILES string of the molecule is Brc1ccccc1NCc1cnc[nH]1. The molecule has 3 nitrogen and oxygen atoms in total. The second-order valence-electron chi connectivity index (χ2n) is 2.91. The molecule has 0 unspecified atom stereocenters. The van der Waals surface area contributed by atoms with Crippen molar-refractivity contribution in [1.29, 1.82) is 0 Å². The first-order valence-electron chi connectivity index (χ1n) is 4.32. The Kier molecular flexibility index (Phi) is 2.84. The molecule has 0 aliphatic rings. The third-order valence-electron chi connectivity index (χ3n) is 1.90. The number of nitrogens with one attached hydrogen (secondary N) is 2. The molecule has 1 aromatic carbocycles. The van der Waals surface area contributed by atoms with E-state index in [1.807, 2.05) is 30.5 Å². The van der Waals surface area contributed by atoms with Gasteiger partial charge >= 0.3 is 0 Å². The summed E-state index contributed by atoms with van der Waals surface area (Å²) in [6, 6.07) is 8.03. The van der Waals surface area contributed by atoms with Gasteiger partial charge in [0.05, 0.1) is 18.6 Å². The summed E-state index contributed by atoms with van der Waals surface area (Å²) in [4.78, 5) is 6.99. The second-order valence-corrected chi connectivity index (χ2v) is 3.76. The maximum atomic E-state index is 3.95. The summed E-state index contributed by atoms with van der Waals surface area (Å²) in [5, 5.41) is 3.30. The molecule has 0 amide bonds. The molecule has 14 heavy (non-hydrogen) atoms. The number of para-hydroxylation sites is 1. The van der Waals surface area contributed by atoms with Crippen LogP contribution < -0.4 is 5.32 Å². The van der Waals surface area contributed by atoms with Crippen LogP contribution in [-0.4, -0.2) is 9.97 Å². The molecule has 0 spiro atoms. The molecule has 72 valence electrons. The number of benzene rings is 1. The molecule has 4 heteroatoms. The highest BCUT2D eigenvalue weighted by molar-refractivity contribution is 9.10. The molecule has 1 heterocycles. The normalized spacial score (nSPS) is 10.1. The van der Waals surface area contributed by atoms with E-state index in [1.165, 1.54) is 0 Å². The number of imidazole rings is 1. The van der Waals surface area contributed by atoms with Crippen molar-refractivity contribution < 1.29 is 0 Å². The van der Waals surface area contributed by atoms with Gasteiger partial charge in [-0.25, -0.2) is 4.98 Å². The lowest BCUT2D eigenvalue weighted by Crippen LogP contribution is -1.99. The van der Waals surface area contributed by atoms with Crippen LogP contribution >= 0.6 is 15.9 Å². The number of halogens is 1. The molecule has 0 aliphatic carbocycles. The van der Waals surface area contributed by atoms with Gasteiger partial charge in [0.1, 0.15) is 0 Å². The van der Waals surface area contributed by atoms with Crippen molar-refractivity contribution in [2.75, 3.05) is 5.32 Å². The minimum atomic E-state index is 0.753. The van der Waals surface area contributed by atoms with Gasteiger partial charge in [0.15, 0.2) is 0 Å². The number of aromatic nitrogens is 2. The third kappa shape index (κ3) is 2.14. The second kappa shape index (κ2) is 4.28. The monoisotopic (exact) mass is 251 g/mol. The smallest absolute Gasteiger partial charge is 0.0922 e. The summed E-state index contributed by atoms with van der Waals surface area (Å²) in [6.07, 6.45) is 3.49. The van der Waals surface area contributed by atoms with Gasteiger partial charge in [0.25, 0.3) is 0 Å². The fourth-order valence-electron chi connectivity index (χ4n) is 1.18. The Morgan fingerprint density at radius 1 is 1.36 bits per heavy atom. The van der Waals surface area contributed by atoms with Crippen LogP contribution in [0.15, 0.2) is 41.3 Å². The molecule has 0 fully saturated rings. The molecule has 0 aliphatic heterocycles. The molecule has 0 atom stereocenters. The van der Waals surface area contributed by atoms with Crippen LogP contribution in [0, 0.1) is 0 Å². The minimum absolute atomic E-state index is 0.753. The van der Waals surface area contributed by atoms with Crippen molar-refractivity contribution in [3.63, 3.8) is 0 Å². The number of rotatable bonds is 3. The molecule has 2 aromatic rings. The summed E-state index contributed by atoms with van der Waals surface area (Å²) in [5.74, 6) is 0. The topological polar surface area (TPSA) is 40.7 Å². The summed E-state index contributed by atoms with van der Waals surface area (Å²) in [6.45, 7) is 0.753. The molecule has 0 saturated carbocycles. The van der Waals surface area contributed by atoms with E-state index in [0.29, 0.717) is 0 Å². The Labute approximate surface area is 90.7 Å². The van der Waals surface area contributed by atoms with Gasteiger partial charge in [-0.1, -0.05) is 12.1 Å². The summed E-state index contributed by atoms with van der Waals surface area (Å²) >= 11 is 3.47. The van der Waals surface area contributed by atoms with E-state index >= 15 is 0 Å². The lowest BCUT2D eigenvalue weighted by molar-refractivity contribution is 1.07. The molecule has 0 radical (unpaired) electrons. The third-order valence-corrected chi connectivity index (χ3v) is 2.59. The average molecular weight is 252 g/mol. The number of hydrogen-bond donors (Lipinski definition) is 2. The molecule has 0 bridgehead atoms. The van der Waals surface area contributed by atoms with Crippen molar-refractivity contribution in [1.82, 2.24) is 9.97 Å². The number of hydrogen-bond acceptors (Lipinski definition) is 2. The highest BCUT2D eigenvalue weighted by Gasteiger charge is 1.97. The summed E-state index contributed by atoms with van der Waals surface area (Å²) < 4.78 is 1.07. The Morgan fingerprint density at radius 2 is 2.21 bits per heavy atom. The molecular weight excluding hydrogens is 242 g/mol. The van der Waals surface area contributed by atoms with E-state index in [9.17, 15) is 0 Å². The first-order chi connectivity index (χ1) is 6.86. The van der Waals surface area contributed by atoms with Crippen LogP contribution in [-0.2, 0) is 6.54 Å². The maximum absolute atomic E-state index is 3.95. The van der Waals surface area contributed by atoms with E-state index in [-0.39, 0.29) is 0 Å². The average Bonchev–Trinajstić information content (AvgIpc) is 2.69. The lowest BCUT2D eigenvalue weighted by Gasteiger charge is -2.06. The number of anilines is 1. The maximum Gasteiger partial charge on any atom is 0.0922 e. The molecular formula is C10H10BrN3. The Bertz CT molecular complexity index is 398. The van der Waals surface area contributed by atoms with Crippen LogP contribution in [0.5, 0.6) is 0 Å². The van der Waals surface area contributed by atoms with Gasteiger partial charge in [0.2, 0.25) is 0 Å². The van der Waals surface area contributed by atoms with E-state index in [4.69, 9.17) is 0 Å². The van der Waals surface area contributed by atoms with E-state index in [1.54, 1.807) is 6.33 Å². The van der Waals surface area contributed by atoms with Crippen LogP contribution in [0.2, 0.25) is 0 Å². The Morgan fingerprint density at radius 3 is 2.93 bits per heavy atom. The van der Waals surface area contributed by atoms with Crippen LogP contribution in [0.25, 0.3) is 0 Å². The fourth-order valence-corrected chi connectivity index (χ4v) is 1.60. The largest absolute Gasteiger partial charge is 0.379 e. The van der Waals surface area contributed by atoms with E-state index in [2.05, 4.69) is 31.2 Å². The van der Waals surface area contributed by atoms with Gasteiger partial charge < -0.3 is 10.3 Å². The Hall–Kier alpha value is -1.29. The van der Waals surface area contributed by atoms with Gasteiger partial charge in [-0.15, -0.1) is 0 Å². The molecule has 2 rings (SSSR count). The zero-order chi connectivity index (χ0) is 9.80. The van der Waals surface area contributed by atoms with Crippen molar-refractivity contribution in [2.24, 2.45) is 0 Å². The summed E-state index contributed by atoms with van der Waals surface area (Å²) in [5.41, 5.74) is 2.16. The van der Waals surface area contributed by atoms with Crippen LogP contribution in [0.4, 0.5) is 5.69 Å². The van der Waals surface area contributed by atoms with Crippen molar-refractivity contribution in [3.8, 4) is 0 Å². The molecule has 1 aromatic heterocycles. The quantitative estimate of drug-likeness (QED) is 0.881. The summed E-state index contributed by atoms with van der Waals surface area (Å²) in [7, 11) is 0. The molecule has 2 N–H and O–H groups in total. The highest BCUT2D eigenvalue weighted by Crippen LogP contribution is 2.21. The van der Waals surface area contributed by atoms with E-state index < -0.39 is 0 Å². The van der Waals surface area contributed by atoms with Gasteiger partial charge in [-0.05, 0) is 28.1 Å². The standard InChI is InChI=1S/C10H10BrN3/c11-9-3-1-2-4-10(9)13-6-8-5-12-7-14-8/h1-5,7,13H,6H2,(H,12,14). The van der Waals surface area contributed by atoms with E-state index in [0.717, 1.165) is 22.4 Å². The van der Waals surface area contributed by atoms with Crippen molar-refractivity contribution in [3.05, 3.63) is 47.0 Å². The Balaban J connectivity index is 2.02. The minimum Gasteiger partial charge on any atom is -0.379 e. The first kappa shape index (κ1) is 9.27. The zero-order valence-corrected chi connectivity index (χ0v) is 9.08. The fraction of sp³-hybridized carbons (Fsp3) is 0.100. The number of aromatic amines is 1. The number of nitrogens with zero attached hydrogens (tertiary/aromatic N) is 1. The predicted octanol–water partition coefficient (Wildman–Crippen LogP) is 2.78. The molecule has 0 saturated heterocycles. The lowest BCUT2D eigenvalue weighted by atomic mass is 10.3.